The van der Waals surface area contributed by atoms with Crippen molar-refractivity contribution in [3.8, 4) is 0 Å². The van der Waals surface area contributed by atoms with Gasteiger partial charge >= 0.3 is 0 Å². The quantitative estimate of drug-likeness (QED) is 0.616. The Bertz CT molecular complexity index is 786. The summed E-state index contributed by atoms with van der Waals surface area (Å²) in [5.74, 6) is 2.09. The molecule has 0 heterocycles. The molecule has 1 aromatic rings. The van der Waals surface area contributed by atoms with Crippen molar-refractivity contribution in [2.75, 3.05) is 0 Å². The Morgan fingerprint density at radius 2 is 1.62 bits per heavy atom. The molecule has 1 aromatic carbocycles. The second kappa shape index (κ2) is 3.89. The number of rotatable bonds is 2. The Morgan fingerprint density at radius 1 is 0.905 bits per heavy atom. The van der Waals surface area contributed by atoms with Crippen molar-refractivity contribution in [1.82, 2.24) is 0 Å². The van der Waals surface area contributed by atoms with E-state index in [0.29, 0.717) is 21.6 Å². The molecule has 21 heavy (non-hydrogen) atoms. The molecular formula is C18H18O2S. The van der Waals surface area contributed by atoms with Gasteiger partial charge in [0.25, 0.3) is 0 Å². The summed E-state index contributed by atoms with van der Waals surface area (Å²) in [6.45, 7) is 0. The predicted octanol–water partition coefficient (Wildman–Crippen LogP) is 3.72. The first-order valence-corrected chi connectivity index (χ1v) is 9.40. The van der Waals surface area contributed by atoms with Gasteiger partial charge < -0.3 is 0 Å². The Hall–Kier alpha value is -1.35. The molecule has 2 nitrogen and oxygen atoms in total. The summed E-state index contributed by atoms with van der Waals surface area (Å²) >= 11 is 0. The van der Waals surface area contributed by atoms with E-state index in [1.165, 1.54) is 24.8 Å². The molecule has 4 aliphatic rings. The van der Waals surface area contributed by atoms with Crippen LogP contribution in [0, 0.1) is 23.7 Å². The molecular weight excluding hydrogens is 280 g/mol. The molecule has 0 radical (unpaired) electrons. The Kier molecular flexibility index (Phi) is 2.26. The van der Waals surface area contributed by atoms with E-state index < -0.39 is 9.84 Å². The minimum Gasteiger partial charge on any atom is -0.219 e. The smallest absolute Gasteiger partial charge is 0.203 e. The third kappa shape index (κ3) is 1.45. The number of hydrogen-bond acceptors (Lipinski definition) is 2. The molecule has 0 aliphatic heterocycles. The normalized spacial score (nSPS) is 36.3. The van der Waals surface area contributed by atoms with Crippen molar-refractivity contribution in [3.05, 3.63) is 52.5 Å². The lowest BCUT2D eigenvalue weighted by Gasteiger charge is -2.24. The first kappa shape index (κ1) is 12.2. The molecule has 0 spiro atoms. The van der Waals surface area contributed by atoms with Gasteiger partial charge in [0.05, 0.1) is 9.80 Å². The van der Waals surface area contributed by atoms with Crippen LogP contribution in [-0.4, -0.2) is 8.42 Å². The number of fused-ring (bicyclic) bond motifs is 8. The van der Waals surface area contributed by atoms with E-state index in [1.54, 1.807) is 17.7 Å². The van der Waals surface area contributed by atoms with Gasteiger partial charge in [-0.1, -0.05) is 35.4 Å². The molecule has 0 saturated heterocycles. The van der Waals surface area contributed by atoms with E-state index >= 15 is 0 Å². The van der Waals surface area contributed by atoms with Crippen LogP contribution < -0.4 is 0 Å². The lowest BCUT2D eigenvalue weighted by Crippen LogP contribution is -2.17. The molecule has 1 saturated carbocycles. The van der Waals surface area contributed by atoms with Gasteiger partial charge in [0.2, 0.25) is 9.84 Å². The van der Waals surface area contributed by atoms with Crippen LogP contribution in [0.15, 0.2) is 57.4 Å². The monoisotopic (exact) mass is 298 g/mol. The van der Waals surface area contributed by atoms with Gasteiger partial charge in [-0.25, -0.2) is 8.42 Å². The molecule has 4 atom stereocenters. The van der Waals surface area contributed by atoms with E-state index in [1.807, 2.05) is 18.2 Å². The molecule has 3 heteroatoms. The highest BCUT2D eigenvalue weighted by Gasteiger charge is 2.53. The molecule has 0 N–H and O–H groups in total. The van der Waals surface area contributed by atoms with Crippen molar-refractivity contribution >= 4 is 9.84 Å². The Balaban J connectivity index is 1.58. The highest BCUT2D eigenvalue weighted by atomic mass is 32.2. The van der Waals surface area contributed by atoms with Crippen LogP contribution in [-0.2, 0) is 9.84 Å². The van der Waals surface area contributed by atoms with Gasteiger partial charge in [-0.05, 0) is 49.7 Å². The standard InChI is InChI=1S/C18H18O2S/c19-21(20,14-4-2-1-3-5-14)16-10-13-9-15(16)18-12-7-6-11(8-12)17(13)18/h1-5,10-13,15H,6-9H2/t11-,12-,13+,15+/m0/s1. The van der Waals surface area contributed by atoms with Crippen molar-refractivity contribution in [1.29, 1.82) is 0 Å². The average molecular weight is 298 g/mol. The second-order valence-corrected chi connectivity index (χ2v) is 8.85. The lowest BCUT2D eigenvalue weighted by atomic mass is 9.85. The Morgan fingerprint density at radius 3 is 2.38 bits per heavy atom. The van der Waals surface area contributed by atoms with E-state index in [9.17, 15) is 8.42 Å². The first-order chi connectivity index (χ1) is 10.2. The minimum absolute atomic E-state index is 0.200. The fraction of sp³-hybridized carbons (Fsp3) is 0.444. The van der Waals surface area contributed by atoms with E-state index in [4.69, 9.17) is 0 Å². The van der Waals surface area contributed by atoms with E-state index in [0.717, 1.165) is 12.3 Å². The topological polar surface area (TPSA) is 34.1 Å². The van der Waals surface area contributed by atoms with Crippen LogP contribution in [0.25, 0.3) is 0 Å². The third-order valence-corrected chi connectivity index (χ3v) is 7.92. The van der Waals surface area contributed by atoms with Gasteiger partial charge in [-0.3, -0.25) is 0 Å². The van der Waals surface area contributed by atoms with Crippen LogP contribution in [0.1, 0.15) is 25.7 Å². The maximum atomic E-state index is 12.9. The zero-order valence-corrected chi connectivity index (χ0v) is 12.6. The molecule has 1 fully saturated rings. The van der Waals surface area contributed by atoms with Gasteiger partial charge in [0.15, 0.2) is 0 Å². The predicted molar refractivity (Wildman–Crippen MR) is 81.2 cm³/mol. The van der Waals surface area contributed by atoms with Gasteiger partial charge in [-0.2, -0.15) is 0 Å². The summed E-state index contributed by atoms with van der Waals surface area (Å²) in [5.41, 5.74) is 3.18. The zero-order valence-electron chi connectivity index (χ0n) is 11.8. The van der Waals surface area contributed by atoms with Crippen LogP contribution in [0.5, 0.6) is 0 Å². The lowest BCUT2D eigenvalue weighted by molar-refractivity contribution is 0.548. The molecule has 4 aliphatic carbocycles. The SMILES string of the molecule is O=S(=O)(C1=C[C@H]2C[C@H]1C1=C2[C@H]2CC[C@H]1C2)c1ccccc1. The average Bonchev–Trinajstić information content (AvgIpc) is 3.26. The summed E-state index contributed by atoms with van der Waals surface area (Å²) in [5, 5.41) is 0. The number of allylic oxidation sites excluding steroid dienone is 4. The maximum Gasteiger partial charge on any atom is 0.203 e. The fourth-order valence-corrected chi connectivity index (χ4v) is 7.01. The van der Waals surface area contributed by atoms with Crippen molar-refractivity contribution < 1.29 is 8.42 Å². The van der Waals surface area contributed by atoms with Gasteiger partial charge in [-0.15, -0.1) is 0 Å². The summed E-state index contributed by atoms with van der Waals surface area (Å²) in [7, 11) is -3.30. The van der Waals surface area contributed by atoms with Crippen LogP contribution in [0.2, 0.25) is 0 Å². The molecule has 5 rings (SSSR count). The maximum absolute atomic E-state index is 12.9. The Labute approximate surface area is 125 Å². The van der Waals surface area contributed by atoms with Crippen molar-refractivity contribution in [2.24, 2.45) is 23.7 Å². The molecule has 0 amide bonds. The van der Waals surface area contributed by atoms with E-state index in [-0.39, 0.29) is 5.92 Å². The molecule has 4 bridgehead atoms. The zero-order chi connectivity index (χ0) is 14.2. The molecule has 0 aromatic heterocycles. The highest BCUT2D eigenvalue weighted by molar-refractivity contribution is 7.95. The van der Waals surface area contributed by atoms with Crippen LogP contribution >= 0.6 is 0 Å². The van der Waals surface area contributed by atoms with Gasteiger partial charge in [0.1, 0.15) is 0 Å². The fourth-order valence-electron chi connectivity index (χ4n) is 5.28. The minimum atomic E-state index is -3.30. The summed E-state index contributed by atoms with van der Waals surface area (Å²) in [4.78, 5) is 1.15. The summed E-state index contributed by atoms with van der Waals surface area (Å²) in [6, 6.07) is 8.92. The molecule has 0 unspecified atom stereocenters. The summed E-state index contributed by atoms with van der Waals surface area (Å²) < 4.78 is 25.9. The highest BCUT2D eigenvalue weighted by Crippen LogP contribution is 2.64. The summed E-state index contributed by atoms with van der Waals surface area (Å²) in [6.07, 6.45) is 7.02. The number of sulfone groups is 1. The van der Waals surface area contributed by atoms with E-state index in [2.05, 4.69) is 6.08 Å². The number of benzene rings is 1. The largest absolute Gasteiger partial charge is 0.219 e. The second-order valence-electron chi connectivity index (χ2n) is 6.90. The third-order valence-electron chi connectivity index (χ3n) is 5.98. The molecule has 108 valence electrons. The van der Waals surface area contributed by atoms with Crippen LogP contribution in [0.3, 0.4) is 0 Å². The van der Waals surface area contributed by atoms with Gasteiger partial charge in [0, 0.05) is 11.8 Å². The van der Waals surface area contributed by atoms with Crippen molar-refractivity contribution in [2.45, 2.75) is 30.6 Å². The van der Waals surface area contributed by atoms with Crippen LogP contribution in [0.4, 0.5) is 0 Å². The number of hydrogen-bond donors (Lipinski definition) is 0. The van der Waals surface area contributed by atoms with Crippen molar-refractivity contribution in [3.63, 3.8) is 0 Å². The first-order valence-electron chi connectivity index (χ1n) is 7.92.